The highest BCUT2D eigenvalue weighted by Crippen LogP contribution is 2.30. The van der Waals surface area contributed by atoms with E-state index in [4.69, 9.17) is 14.0 Å². The third-order valence-corrected chi connectivity index (χ3v) is 4.96. The lowest BCUT2D eigenvalue weighted by Crippen LogP contribution is -2.13. The summed E-state index contributed by atoms with van der Waals surface area (Å²) in [6, 6.07) is 11.0. The number of aromatic nitrogens is 2. The predicted molar refractivity (Wildman–Crippen MR) is 94.8 cm³/mol. The maximum absolute atomic E-state index is 12.6. The van der Waals surface area contributed by atoms with Crippen LogP contribution < -0.4 is 14.2 Å². The Morgan fingerprint density at radius 3 is 2.27 bits per heavy atom. The SMILES string of the molecule is COc1ccc(S(=O)(=O)Nc2ccc(-c3nc(C)no3)cc2)cc1OC. The zero-order chi connectivity index (χ0) is 18.7. The van der Waals surface area contributed by atoms with E-state index in [0.29, 0.717) is 34.5 Å². The Hall–Kier alpha value is -3.07. The molecular weight excluding hydrogens is 358 g/mol. The molecule has 0 spiro atoms. The van der Waals surface area contributed by atoms with Gasteiger partial charge in [-0.2, -0.15) is 4.98 Å². The van der Waals surface area contributed by atoms with Crippen molar-refractivity contribution in [3.8, 4) is 23.0 Å². The average Bonchev–Trinajstić information content (AvgIpc) is 3.07. The molecule has 0 amide bonds. The van der Waals surface area contributed by atoms with Crippen molar-refractivity contribution in [2.45, 2.75) is 11.8 Å². The predicted octanol–water partition coefficient (Wildman–Crippen LogP) is 2.86. The van der Waals surface area contributed by atoms with Gasteiger partial charge in [-0.05, 0) is 43.3 Å². The van der Waals surface area contributed by atoms with E-state index in [9.17, 15) is 8.42 Å². The summed E-state index contributed by atoms with van der Waals surface area (Å²) in [6.45, 7) is 1.72. The second kappa shape index (κ2) is 7.04. The molecular formula is C17H17N3O5S. The summed E-state index contributed by atoms with van der Waals surface area (Å²) in [6.07, 6.45) is 0. The molecule has 0 aliphatic rings. The number of hydrogen-bond donors (Lipinski definition) is 1. The maximum Gasteiger partial charge on any atom is 0.262 e. The monoisotopic (exact) mass is 375 g/mol. The van der Waals surface area contributed by atoms with Gasteiger partial charge in [-0.3, -0.25) is 4.72 Å². The van der Waals surface area contributed by atoms with E-state index in [2.05, 4.69) is 14.9 Å². The number of hydrogen-bond acceptors (Lipinski definition) is 7. The maximum atomic E-state index is 12.6. The van der Waals surface area contributed by atoms with Gasteiger partial charge in [0.25, 0.3) is 15.9 Å². The van der Waals surface area contributed by atoms with E-state index >= 15 is 0 Å². The molecule has 0 saturated heterocycles. The van der Waals surface area contributed by atoms with Gasteiger partial charge in [0.15, 0.2) is 17.3 Å². The summed E-state index contributed by atoms with van der Waals surface area (Å²) in [5.41, 5.74) is 1.10. The molecule has 0 saturated carbocycles. The average molecular weight is 375 g/mol. The van der Waals surface area contributed by atoms with Gasteiger partial charge in [0, 0.05) is 17.3 Å². The molecule has 136 valence electrons. The number of rotatable bonds is 6. The fraction of sp³-hybridized carbons (Fsp3) is 0.176. The van der Waals surface area contributed by atoms with Crippen molar-refractivity contribution >= 4 is 15.7 Å². The Morgan fingerprint density at radius 2 is 1.69 bits per heavy atom. The fourth-order valence-electron chi connectivity index (χ4n) is 2.29. The van der Waals surface area contributed by atoms with Crippen LogP contribution in [-0.2, 0) is 10.0 Å². The first kappa shape index (κ1) is 17.7. The number of sulfonamides is 1. The van der Waals surface area contributed by atoms with Gasteiger partial charge in [-0.25, -0.2) is 8.42 Å². The van der Waals surface area contributed by atoms with Crippen molar-refractivity contribution in [1.82, 2.24) is 10.1 Å². The summed E-state index contributed by atoms with van der Waals surface area (Å²) in [5.74, 6) is 1.68. The standard InChI is InChI=1S/C17H17N3O5S/c1-11-18-17(25-19-11)12-4-6-13(7-5-12)20-26(21,22)14-8-9-15(23-2)16(10-14)24-3/h4-10,20H,1-3H3. The number of aryl methyl sites for hydroxylation is 1. The van der Waals surface area contributed by atoms with Crippen LogP contribution in [0.1, 0.15) is 5.82 Å². The lowest BCUT2D eigenvalue weighted by atomic mass is 10.2. The molecule has 0 radical (unpaired) electrons. The Morgan fingerprint density at radius 1 is 1.00 bits per heavy atom. The van der Waals surface area contributed by atoms with Gasteiger partial charge in [-0.15, -0.1) is 0 Å². The van der Waals surface area contributed by atoms with Crippen LogP contribution in [0.5, 0.6) is 11.5 Å². The molecule has 3 rings (SSSR count). The van der Waals surface area contributed by atoms with Crippen LogP contribution >= 0.6 is 0 Å². The third kappa shape index (κ3) is 3.62. The third-order valence-electron chi connectivity index (χ3n) is 3.58. The van der Waals surface area contributed by atoms with E-state index in [1.165, 1.54) is 32.4 Å². The van der Waals surface area contributed by atoms with Crippen molar-refractivity contribution in [2.75, 3.05) is 18.9 Å². The summed E-state index contributed by atoms with van der Waals surface area (Å²) in [4.78, 5) is 4.19. The topological polar surface area (TPSA) is 104 Å². The molecule has 0 bridgehead atoms. The molecule has 0 atom stereocenters. The van der Waals surface area contributed by atoms with Gasteiger partial charge >= 0.3 is 0 Å². The minimum Gasteiger partial charge on any atom is -0.493 e. The van der Waals surface area contributed by atoms with Crippen molar-refractivity contribution in [3.05, 3.63) is 48.3 Å². The summed E-state index contributed by atoms with van der Waals surface area (Å²) in [5, 5.41) is 3.73. The number of nitrogens with zero attached hydrogens (tertiary/aromatic N) is 2. The highest BCUT2D eigenvalue weighted by Gasteiger charge is 2.17. The van der Waals surface area contributed by atoms with Gasteiger partial charge in [-0.1, -0.05) is 5.16 Å². The van der Waals surface area contributed by atoms with Crippen LogP contribution in [0.25, 0.3) is 11.5 Å². The van der Waals surface area contributed by atoms with Crippen molar-refractivity contribution < 1.29 is 22.4 Å². The molecule has 9 heteroatoms. The molecule has 0 unspecified atom stereocenters. The van der Waals surface area contributed by atoms with Crippen molar-refractivity contribution in [3.63, 3.8) is 0 Å². The summed E-state index contributed by atoms with van der Waals surface area (Å²) in [7, 11) is -0.854. The minimum absolute atomic E-state index is 0.0618. The molecule has 0 aliphatic heterocycles. The molecule has 1 N–H and O–H groups in total. The van der Waals surface area contributed by atoms with Crippen molar-refractivity contribution in [2.24, 2.45) is 0 Å². The van der Waals surface area contributed by atoms with E-state index < -0.39 is 10.0 Å². The summed E-state index contributed by atoms with van der Waals surface area (Å²) < 4.78 is 43.0. The first-order valence-electron chi connectivity index (χ1n) is 7.58. The van der Waals surface area contributed by atoms with E-state index in [1.54, 1.807) is 31.2 Å². The lowest BCUT2D eigenvalue weighted by Gasteiger charge is -2.11. The van der Waals surface area contributed by atoms with E-state index in [-0.39, 0.29) is 4.90 Å². The zero-order valence-electron chi connectivity index (χ0n) is 14.4. The van der Waals surface area contributed by atoms with Crippen LogP contribution in [-0.4, -0.2) is 32.8 Å². The number of ether oxygens (including phenoxy) is 2. The van der Waals surface area contributed by atoms with Gasteiger partial charge in [0.1, 0.15) is 0 Å². The largest absolute Gasteiger partial charge is 0.493 e. The molecule has 26 heavy (non-hydrogen) atoms. The highest BCUT2D eigenvalue weighted by molar-refractivity contribution is 7.92. The summed E-state index contributed by atoms with van der Waals surface area (Å²) >= 11 is 0. The Labute approximate surface area is 150 Å². The quantitative estimate of drug-likeness (QED) is 0.706. The van der Waals surface area contributed by atoms with Gasteiger partial charge < -0.3 is 14.0 Å². The second-order valence-corrected chi connectivity index (χ2v) is 7.03. The second-order valence-electron chi connectivity index (χ2n) is 5.35. The highest BCUT2D eigenvalue weighted by atomic mass is 32.2. The lowest BCUT2D eigenvalue weighted by molar-refractivity contribution is 0.354. The van der Waals surface area contributed by atoms with Crippen molar-refractivity contribution in [1.29, 1.82) is 0 Å². The van der Waals surface area contributed by atoms with Crippen LogP contribution in [0.3, 0.4) is 0 Å². The smallest absolute Gasteiger partial charge is 0.262 e. The molecule has 1 heterocycles. The zero-order valence-corrected chi connectivity index (χ0v) is 15.2. The molecule has 8 nitrogen and oxygen atoms in total. The number of anilines is 1. The molecule has 3 aromatic rings. The molecule has 0 fully saturated rings. The number of nitrogens with one attached hydrogen (secondary N) is 1. The van der Waals surface area contributed by atoms with E-state index in [0.717, 1.165) is 0 Å². The number of benzene rings is 2. The fourth-order valence-corrected chi connectivity index (χ4v) is 3.37. The normalized spacial score (nSPS) is 11.2. The van der Waals surface area contributed by atoms with E-state index in [1.807, 2.05) is 0 Å². The Balaban J connectivity index is 1.83. The van der Waals surface area contributed by atoms with Gasteiger partial charge in [0.05, 0.1) is 19.1 Å². The Bertz CT molecular complexity index is 1010. The van der Waals surface area contributed by atoms with Crippen LogP contribution in [0.2, 0.25) is 0 Å². The Kier molecular flexibility index (Phi) is 4.81. The number of methoxy groups -OCH3 is 2. The molecule has 2 aromatic carbocycles. The molecule has 0 aliphatic carbocycles. The molecule has 1 aromatic heterocycles. The van der Waals surface area contributed by atoms with Crippen LogP contribution in [0.4, 0.5) is 5.69 Å². The minimum atomic E-state index is -3.78. The first-order valence-corrected chi connectivity index (χ1v) is 9.07. The van der Waals surface area contributed by atoms with Gasteiger partial charge in [0.2, 0.25) is 0 Å². The van der Waals surface area contributed by atoms with Crippen LogP contribution in [0, 0.1) is 6.92 Å². The van der Waals surface area contributed by atoms with Crippen LogP contribution in [0.15, 0.2) is 51.9 Å². The first-order chi connectivity index (χ1) is 12.4.